The predicted molar refractivity (Wildman–Crippen MR) is 125 cm³/mol. The second kappa shape index (κ2) is 9.04. The van der Waals surface area contributed by atoms with Gasteiger partial charge in [-0.3, -0.25) is 4.72 Å². The van der Waals surface area contributed by atoms with Crippen molar-refractivity contribution in [2.45, 2.75) is 30.6 Å². The Morgan fingerprint density at radius 1 is 1.06 bits per heavy atom. The minimum absolute atomic E-state index is 0.00578. The fourth-order valence-electron chi connectivity index (χ4n) is 4.17. The van der Waals surface area contributed by atoms with E-state index < -0.39 is 16.1 Å². The zero-order valence-corrected chi connectivity index (χ0v) is 18.7. The largest absolute Gasteiger partial charge is 0.465 e. The van der Waals surface area contributed by atoms with E-state index in [2.05, 4.69) is 4.72 Å². The SMILES string of the molecule is Cc1ccc(S(=O)(=O)Nc2ccc3c(c2)CCN(C(=O)O)CC3Cc2ccccc2)cc1. The van der Waals surface area contributed by atoms with Crippen LogP contribution < -0.4 is 4.72 Å². The molecule has 1 unspecified atom stereocenters. The lowest BCUT2D eigenvalue weighted by atomic mass is 9.88. The van der Waals surface area contributed by atoms with Gasteiger partial charge in [0, 0.05) is 24.7 Å². The summed E-state index contributed by atoms with van der Waals surface area (Å²) in [7, 11) is -3.71. The van der Waals surface area contributed by atoms with Crippen molar-refractivity contribution < 1.29 is 18.3 Å². The Hall–Kier alpha value is -3.32. The molecule has 0 aliphatic carbocycles. The van der Waals surface area contributed by atoms with Crippen LogP contribution in [-0.2, 0) is 22.9 Å². The highest BCUT2D eigenvalue weighted by Crippen LogP contribution is 2.31. The maximum Gasteiger partial charge on any atom is 0.407 e. The molecule has 1 aliphatic rings. The van der Waals surface area contributed by atoms with Gasteiger partial charge in [-0.05, 0) is 60.7 Å². The highest BCUT2D eigenvalue weighted by molar-refractivity contribution is 7.92. The summed E-state index contributed by atoms with van der Waals surface area (Å²) in [5.41, 5.74) is 4.64. The average Bonchev–Trinajstić information content (AvgIpc) is 2.94. The first-order valence-electron chi connectivity index (χ1n) is 10.6. The van der Waals surface area contributed by atoms with Crippen LogP contribution in [0.2, 0.25) is 0 Å². The van der Waals surface area contributed by atoms with Crippen LogP contribution in [0.5, 0.6) is 0 Å². The van der Waals surface area contributed by atoms with Crippen molar-refractivity contribution in [3.63, 3.8) is 0 Å². The molecule has 166 valence electrons. The third-order valence-electron chi connectivity index (χ3n) is 5.85. The van der Waals surface area contributed by atoms with E-state index in [9.17, 15) is 18.3 Å². The second-order valence-electron chi connectivity index (χ2n) is 8.20. The zero-order valence-electron chi connectivity index (χ0n) is 17.9. The molecule has 1 heterocycles. The Balaban J connectivity index is 1.63. The number of anilines is 1. The summed E-state index contributed by atoms with van der Waals surface area (Å²) in [4.78, 5) is 13.4. The molecule has 32 heavy (non-hydrogen) atoms. The van der Waals surface area contributed by atoms with Gasteiger partial charge in [0.15, 0.2) is 0 Å². The minimum Gasteiger partial charge on any atom is -0.465 e. The lowest BCUT2D eigenvalue weighted by Crippen LogP contribution is -2.33. The molecule has 0 radical (unpaired) electrons. The average molecular weight is 451 g/mol. The van der Waals surface area contributed by atoms with Crippen molar-refractivity contribution in [1.82, 2.24) is 4.90 Å². The van der Waals surface area contributed by atoms with Gasteiger partial charge in [0.2, 0.25) is 0 Å². The number of benzene rings is 3. The van der Waals surface area contributed by atoms with Crippen molar-refractivity contribution in [2.24, 2.45) is 0 Å². The fourth-order valence-corrected chi connectivity index (χ4v) is 5.22. The van der Waals surface area contributed by atoms with Crippen LogP contribution in [0.1, 0.15) is 28.2 Å². The number of carbonyl (C=O) groups is 1. The van der Waals surface area contributed by atoms with Crippen LogP contribution >= 0.6 is 0 Å². The van der Waals surface area contributed by atoms with Crippen LogP contribution in [0.15, 0.2) is 77.7 Å². The summed E-state index contributed by atoms with van der Waals surface area (Å²) >= 11 is 0. The van der Waals surface area contributed by atoms with E-state index >= 15 is 0 Å². The number of amides is 1. The molecule has 1 atom stereocenters. The van der Waals surface area contributed by atoms with Crippen molar-refractivity contribution in [3.8, 4) is 0 Å². The molecule has 7 heteroatoms. The first-order valence-corrected chi connectivity index (χ1v) is 12.0. The summed E-state index contributed by atoms with van der Waals surface area (Å²) in [6, 6.07) is 22.2. The number of nitrogens with zero attached hydrogens (tertiary/aromatic N) is 1. The number of hydrogen-bond donors (Lipinski definition) is 2. The van der Waals surface area contributed by atoms with Crippen LogP contribution in [0.4, 0.5) is 10.5 Å². The van der Waals surface area contributed by atoms with E-state index in [0.717, 1.165) is 22.3 Å². The molecular formula is C25H26N2O4S. The molecule has 0 fully saturated rings. The Bertz CT molecular complexity index is 1210. The maximum absolute atomic E-state index is 12.8. The second-order valence-corrected chi connectivity index (χ2v) is 9.88. The third kappa shape index (κ3) is 4.94. The first kappa shape index (κ1) is 21.9. The Morgan fingerprint density at radius 2 is 1.78 bits per heavy atom. The predicted octanol–water partition coefficient (Wildman–Crippen LogP) is 4.66. The van der Waals surface area contributed by atoms with Crippen LogP contribution in [0, 0.1) is 6.92 Å². The molecule has 1 amide bonds. The highest BCUT2D eigenvalue weighted by atomic mass is 32.2. The van der Waals surface area contributed by atoms with Gasteiger partial charge in [-0.1, -0.05) is 54.1 Å². The van der Waals surface area contributed by atoms with Gasteiger partial charge in [-0.25, -0.2) is 13.2 Å². The van der Waals surface area contributed by atoms with Gasteiger partial charge in [-0.2, -0.15) is 0 Å². The van der Waals surface area contributed by atoms with Gasteiger partial charge in [-0.15, -0.1) is 0 Å². The summed E-state index contributed by atoms with van der Waals surface area (Å²) in [5.74, 6) is -0.00578. The van der Waals surface area contributed by atoms with Gasteiger partial charge < -0.3 is 10.0 Å². The Kier molecular flexibility index (Phi) is 6.19. The summed E-state index contributed by atoms with van der Waals surface area (Å²) in [6.07, 6.45) is 0.315. The molecule has 0 bridgehead atoms. The monoisotopic (exact) mass is 450 g/mol. The number of rotatable bonds is 5. The quantitative estimate of drug-likeness (QED) is 0.592. The number of fused-ring (bicyclic) bond motifs is 1. The number of hydrogen-bond acceptors (Lipinski definition) is 3. The highest BCUT2D eigenvalue weighted by Gasteiger charge is 2.26. The molecule has 2 N–H and O–H groups in total. The van der Waals surface area contributed by atoms with Crippen LogP contribution in [0.25, 0.3) is 0 Å². The van der Waals surface area contributed by atoms with E-state index in [1.54, 1.807) is 30.3 Å². The smallest absolute Gasteiger partial charge is 0.407 e. The normalized spacial score (nSPS) is 16.2. The number of aryl methyl sites for hydroxylation is 1. The summed E-state index contributed by atoms with van der Waals surface area (Å²) < 4.78 is 28.3. The van der Waals surface area contributed by atoms with Gasteiger partial charge >= 0.3 is 6.09 Å². The first-order chi connectivity index (χ1) is 15.3. The molecule has 6 nitrogen and oxygen atoms in total. The van der Waals surface area contributed by atoms with Crippen LogP contribution in [0.3, 0.4) is 0 Å². The van der Waals surface area contributed by atoms with Crippen LogP contribution in [-0.4, -0.2) is 37.6 Å². The molecule has 0 saturated heterocycles. The number of sulfonamides is 1. The van der Waals surface area contributed by atoms with Crippen molar-refractivity contribution in [3.05, 3.63) is 95.1 Å². The lowest BCUT2D eigenvalue weighted by molar-refractivity contribution is 0.144. The molecule has 4 rings (SSSR count). The zero-order chi connectivity index (χ0) is 22.7. The standard InChI is InChI=1S/C25H26N2O4S/c1-18-7-10-23(11-8-18)32(30,31)26-22-9-12-24-20(16-22)13-14-27(25(28)29)17-21(24)15-19-5-3-2-4-6-19/h2-12,16,21,26H,13-15,17H2,1H3,(H,28,29). The van der Waals surface area contributed by atoms with Crippen molar-refractivity contribution >= 4 is 21.8 Å². The molecule has 0 saturated carbocycles. The number of carboxylic acid groups (broad SMARTS) is 1. The van der Waals surface area contributed by atoms with Crippen molar-refractivity contribution in [1.29, 1.82) is 0 Å². The third-order valence-corrected chi connectivity index (χ3v) is 7.25. The van der Waals surface area contributed by atoms with Gasteiger partial charge in [0.25, 0.3) is 10.0 Å². The Morgan fingerprint density at radius 3 is 2.47 bits per heavy atom. The molecule has 0 spiro atoms. The molecule has 3 aromatic rings. The van der Waals surface area contributed by atoms with Gasteiger partial charge in [0.05, 0.1) is 4.90 Å². The van der Waals surface area contributed by atoms with Crippen molar-refractivity contribution in [2.75, 3.05) is 17.8 Å². The maximum atomic E-state index is 12.8. The van der Waals surface area contributed by atoms with E-state index in [-0.39, 0.29) is 10.8 Å². The van der Waals surface area contributed by atoms with E-state index in [1.165, 1.54) is 4.90 Å². The minimum atomic E-state index is -3.71. The lowest BCUT2D eigenvalue weighted by Gasteiger charge is -2.23. The molecule has 0 aromatic heterocycles. The van der Waals surface area contributed by atoms with E-state index in [1.807, 2.05) is 49.4 Å². The Labute approximate surface area is 188 Å². The molecule has 3 aromatic carbocycles. The molecular weight excluding hydrogens is 424 g/mol. The fraction of sp³-hybridized carbons (Fsp3) is 0.240. The molecule has 1 aliphatic heterocycles. The topological polar surface area (TPSA) is 86.7 Å². The number of nitrogens with one attached hydrogen (secondary N) is 1. The summed E-state index contributed by atoms with van der Waals surface area (Å²) in [6.45, 7) is 2.69. The van der Waals surface area contributed by atoms with E-state index in [4.69, 9.17) is 0 Å². The van der Waals surface area contributed by atoms with E-state index in [0.29, 0.717) is 31.6 Å². The summed E-state index contributed by atoms with van der Waals surface area (Å²) in [5, 5.41) is 9.61. The van der Waals surface area contributed by atoms with Gasteiger partial charge in [0.1, 0.15) is 0 Å².